The summed E-state index contributed by atoms with van der Waals surface area (Å²) in [6.45, 7) is 2.56. The van der Waals surface area contributed by atoms with Crippen molar-refractivity contribution in [2.24, 2.45) is 4.99 Å². The second kappa shape index (κ2) is 12.1. The number of aliphatic imine (C=N–C) groups is 1. The number of halogens is 1. The molecule has 7 heteroatoms. The lowest BCUT2D eigenvalue weighted by Crippen LogP contribution is -2.39. The number of rotatable bonds is 7. The molecule has 1 fully saturated rings. The summed E-state index contributed by atoms with van der Waals surface area (Å²) >= 11 is 2.06. The van der Waals surface area contributed by atoms with Crippen LogP contribution in [0.2, 0.25) is 0 Å². The molecule has 2 aromatic carbocycles. The van der Waals surface area contributed by atoms with Gasteiger partial charge in [-0.2, -0.15) is 11.8 Å². The highest BCUT2D eigenvalue weighted by Crippen LogP contribution is 2.26. The van der Waals surface area contributed by atoms with E-state index in [1.807, 2.05) is 25.8 Å². The first-order valence-electron chi connectivity index (χ1n) is 10.5. The molecule has 0 bridgehead atoms. The predicted molar refractivity (Wildman–Crippen MR) is 142 cm³/mol. The van der Waals surface area contributed by atoms with Crippen LogP contribution in [0.3, 0.4) is 0 Å². The lowest BCUT2D eigenvalue weighted by molar-refractivity contribution is 0.726. The van der Waals surface area contributed by atoms with E-state index in [0.29, 0.717) is 5.25 Å². The minimum absolute atomic E-state index is 0. The van der Waals surface area contributed by atoms with E-state index < -0.39 is 0 Å². The second-order valence-electron chi connectivity index (χ2n) is 7.53. The van der Waals surface area contributed by atoms with Gasteiger partial charge in [-0.05, 0) is 40.8 Å². The third-order valence-electron chi connectivity index (χ3n) is 5.40. The Bertz CT molecular complexity index is 950. The minimum atomic E-state index is 0. The lowest BCUT2D eigenvalue weighted by Gasteiger charge is -2.16. The maximum atomic E-state index is 4.39. The molecule has 0 aliphatic carbocycles. The van der Waals surface area contributed by atoms with Crippen LogP contribution in [0, 0.1) is 0 Å². The zero-order chi connectivity index (χ0) is 20.6. The number of imidazole rings is 1. The van der Waals surface area contributed by atoms with Gasteiger partial charge in [-0.1, -0.05) is 48.5 Å². The van der Waals surface area contributed by atoms with E-state index in [4.69, 9.17) is 0 Å². The van der Waals surface area contributed by atoms with Gasteiger partial charge in [0, 0.05) is 44.3 Å². The summed E-state index contributed by atoms with van der Waals surface area (Å²) in [6, 6.07) is 17.4. The van der Waals surface area contributed by atoms with Crippen molar-refractivity contribution >= 4 is 41.7 Å². The smallest absolute Gasteiger partial charge is 0.191 e. The van der Waals surface area contributed by atoms with Gasteiger partial charge in [0.2, 0.25) is 0 Å². The summed E-state index contributed by atoms with van der Waals surface area (Å²) in [6.07, 6.45) is 8.28. The molecule has 0 spiro atoms. The first-order valence-corrected chi connectivity index (χ1v) is 11.6. The molecular formula is C24H30IN5S. The van der Waals surface area contributed by atoms with Crippen molar-refractivity contribution in [2.45, 2.75) is 31.2 Å². The van der Waals surface area contributed by atoms with Crippen LogP contribution in [-0.4, -0.2) is 40.1 Å². The Balaban J connectivity index is 0.00000272. The maximum Gasteiger partial charge on any atom is 0.191 e. The molecule has 5 nitrogen and oxygen atoms in total. The Labute approximate surface area is 206 Å². The van der Waals surface area contributed by atoms with Crippen molar-refractivity contribution in [2.75, 3.05) is 19.3 Å². The molecule has 4 rings (SSSR count). The summed E-state index contributed by atoms with van der Waals surface area (Å²) in [5.74, 6) is 2.15. The summed E-state index contributed by atoms with van der Waals surface area (Å²) in [5.41, 5.74) is 5.01. The van der Waals surface area contributed by atoms with Crippen LogP contribution in [0.1, 0.15) is 24.0 Å². The van der Waals surface area contributed by atoms with Gasteiger partial charge in [0.25, 0.3) is 0 Å². The molecule has 0 radical (unpaired) electrons. The average Bonchev–Trinajstić information content (AvgIpc) is 3.49. The van der Waals surface area contributed by atoms with E-state index in [1.165, 1.54) is 40.8 Å². The molecule has 0 amide bonds. The molecule has 1 aromatic heterocycles. The van der Waals surface area contributed by atoms with Crippen molar-refractivity contribution in [3.8, 4) is 11.1 Å². The predicted octanol–water partition coefficient (Wildman–Crippen LogP) is 4.78. The van der Waals surface area contributed by atoms with E-state index in [2.05, 4.69) is 85.5 Å². The van der Waals surface area contributed by atoms with E-state index in [9.17, 15) is 0 Å². The van der Waals surface area contributed by atoms with Crippen molar-refractivity contribution in [3.05, 3.63) is 78.4 Å². The number of thioether (sulfide) groups is 1. The molecule has 164 valence electrons. The van der Waals surface area contributed by atoms with Gasteiger partial charge < -0.3 is 15.2 Å². The fraction of sp³-hybridized carbons (Fsp3) is 0.333. The van der Waals surface area contributed by atoms with Gasteiger partial charge in [-0.15, -0.1) is 24.0 Å². The number of benzene rings is 2. The average molecular weight is 548 g/mol. The van der Waals surface area contributed by atoms with Crippen LogP contribution in [0.5, 0.6) is 0 Å². The first-order chi connectivity index (χ1) is 14.8. The van der Waals surface area contributed by atoms with Gasteiger partial charge >= 0.3 is 0 Å². The van der Waals surface area contributed by atoms with Gasteiger partial charge in [0.15, 0.2) is 5.96 Å². The van der Waals surface area contributed by atoms with Crippen LogP contribution < -0.4 is 10.6 Å². The number of nitrogens with zero attached hydrogens (tertiary/aromatic N) is 3. The molecule has 1 aliphatic rings. The van der Waals surface area contributed by atoms with Crippen LogP contribution in [-0.2, 0) is 13.1 Å². The van der Waals surface area contributed by atoms with E-state index in [0.717, 1.165) is 25.6 Å². The van der Waals surface area contributed by atoms with Crippen LogP contribution in [0.15, 0.2) is 72.2 Å². The monoisotopic (exact) mass is 547 g/mol. The van der Waals surface area contributed by atoms with Gasteiger partial charge in [0.1, 0.15) is 0 Å². The fourth-order valence-corrected chi connectivity index (χ4v) is 4.95. The maximum absolute atomic E-state index is 4.39. The zero-order valence-electron chi connectivity index (χ0n) is 17.8. The molecule has 1 aliphatic heterocycles. The lowest BCUT2D eigenvalue weighted by atomic mass is 9.98. The van der Waals surface area contributed by atoms with E-state index >= 15 is 0 Å². The second-order valence-corrected chi connectivity index (χ2v) is 8.94. The highest BCUT2D eigenvalue weighted by atomic mass is 127. The zero-order valence-corrected chi connectivity index (χ0v) is 21.0. The van der Waals surface area contributed by atoms with Crippen molar-refractivity contribution in [1.82, 2.24) is 20.2 Å². The molecule has 1 unspecified atom stereocenters. The SMILES string of the molecule is CN=C(NCc1ccccc1-c1ccc(Cn2ccnc2)cc1)NCC1CCCS1.I. The molecule has 1 atom stereocenters. The topological polar surface area (TPSA) is 54.2 Å². The van der Waals surface area contributed by atoms with Crippen molar-refractivity contribution in [1.29, 1.82) is 0 Å². The molecule has 1 saturated heterocycles. The number of hydrogen-bond acceptors (Lipinski definition) is 3. The van der Waals surface area contributed by atoms with Gasteiger partial charge in [-0.3, -0.25) is 4.99 Å². The van der Waals surface area contributed by atoms with Crippen molar-refractivity contribution in [3.63, 3.8) is 0 Å². The number of guanidine groups is 1. The van der Waals surface area contributed by atoms with E-state index in [-0.39, 0.29) is 24.0 Å². The third-order valence-corrected chi connectivity index (χ3v) is 6.80. The molecule has 2 N–H and O–H groups in total. The molecule has 0 saturated carbocycles. The molecule has 3 aromatic rings. The highest BCUT2D eigenvalue weighted by Gasteiger charge is 2.15. The number of aromatic nitrogens is 2. The fourth-order valence-electron chi connectivity index (χ4n) is 3.75. The Morgan fingerprint density at radius 2 is 2.00 bits per heavy atom. The Morgan fingerprint density at radius 3 is 2.71 bits per heavy atom. The molecule has 31 heavy (non-hydrogen) atoms. The van der Waals surface area contributed by atoms with Crippen LogP contribution in [0.25, 0.3) is 11.1 Å². The first kappa shape index (κ1) is 23.7. The minimum Gasteiger partial charge on any atom is -0.355 e. The normalized spacial score (nSPS) is 16.0. The molecule has 2 heterocycles. The van der Waals surface area contributed by atoms with Crippen LogP contribution >= 0.6 is 35.7 Å². The summed E-state index contributed by atoms with van der Waals surface area (Å²) in [7, 11) is 1.84. The summed E-state index contributed by atoms with van der Waals surface area (Å²) in [4.78, 5) is 8.50. The van der Waals surface area contributed by atoms with Crippen LogP contribution in [0.4, 0.5) is 0 Å². The Hall–Kier alpha value is -2.00. The Kier molecular flexibility index (Phi) is 9.27. The largest absolute Gasteiger partial charge is 0.355 e. The summed E-state index contributed by atoms with van der Waals surface area (Å²) < 4.78 is 2.08. The number of nitrogens with one attached hydrogen (secondary N) is 2. The highest BCUT2D eigenvalue weighted by molar-refractivity contribution is 14.0. The van der Waals surface area contributed by atoms with Gasteiger partial charge in [-0.25, -0.2) is 4.98 Å². The standard InChI is InChI=1S/C24H29N5S.HI/c1-25-24(28-16-22-6-4-14-30-22)27-15-21-5-2-3-7-23(21)20-10-8-19(9-11-20)17-29-13-12-26-18-29;/h2-3,5,7-13,18,22H,4,6,14-17H2,1H3,(H2,25,27,28);1H. The van der Waals surface area contributed by atoms with Gasteiger partial charge in [0.05, 0.1) is 6.33 Å². The Morgan fingerprint density at radius 1 is 1.16 bits per heavy atom. The quantitative estimate of drug-likeness (QED) is 0.254. The van der Waals surface area contributed by atoms with Crippen molar-refractivity contribution < 1.29 is 0 Å². The number of hydrogen-bond donors (Lipinski definition) is 2. The summed E-state index contributed by atoms with van der Waals surface area (Å²) in [5, 5.41) is 7.67. The molecular weight excluding hydrogens is 517 g/mol. The third kappa shape index (κ3) is 6.74. The van der Waals surface area contributed by atoms with E-state index in [1.54, 1.807) is 0 Å².